The molecule has 0 spiro atoms. The first kappa shape index (κ1) is 18.9. The second-order valence-corrected chi connectivity index (χ2v) is 5.33. The summed E-state index contributed by atoms with van der Waals surface area (Å²) in [5, 5.41) is 8.63. The van der Waals surface area contributed by atoms with Crippen molar-refractivity contribution in [3.05, 3.63) is 0 Å². The van der Waals surface area contributed by atoms with Gasteiger partial charge in [-0.3, -0.25) is 15.0 Å². The van der Waals surface area contributed by atoms with Crippen LogP contribution < -0.4 is 10.9 Å². The second-order valence-electron chi connectivity index (χ2n) is 5.33. The highest BCUT2D eigenvalue weighted by molar-refractivity contribution is 5.77. The van der Waals surface area contributed by atoms with Gasteiger partial charge in [0.2, 0.25) is 5.91 Å². The summed E-state index contributed by atoms with van der Waals surface area (Å²) in [4.78, 5) is 21.9. The molecule has 0 aromatic carbocycles. The van der Waals surface area contributed by atoms with E-state index in [0.717, 1.165) is 12.8 Å². The highest BCUT2D eigenvalue weighted by Crippen LogP contribution is 2.10. The maximum atomic E-state index is 11.4. The highest BCUT2D eigenvalue weighted by Gasteiger charge is 2.10. The van der Waals surface area contributed by atoms with Gasteiger partial charge in [-0.1, -0.05) is 58.3 Å². The lowest BCUT2D eigenvalue weighted by molar-refractivity contribution is -0.139. The summed E-state index contributed by atoms with van der Waals surface area (Å²) in [6.07, 6.45) is 11.4. The van der Waals surface area contributed by atoms with Crippen LogP contribution in [0.5, 0.6) is 0 Å². The van der Waals surface area contributed by atoms with Crippen molar-refractivity contribution < 1.29 is 14.7 Å². The molecule has 0 aromatic heterocycles. The van der Waals surface area contributed by atoms with Crippen LogP contribution in [0.2, 0.25) is 0 Å². The van der Waals surface area contributed by atoms with E-state index in [0.29, 0.717) is 6.42 Å². The number of hydrogen-bond donors (Lipinski definition) is 3. The van der Waals surface area contributed by atoms with Crippen LogP contribution in [0, 0.1) is 0 Å². The molecule has 0 aliphatic carbocycles. The number of nitrogens with one attached hydrogen (secondary N) is 2. The average Bonchev–Trinajstić information content (AvgIpc) is 2.42. The SMILES string of the molecule is CCCCCCCCCCCC(=O)NN[C@@H](C)C(=O)O. The van der Waals surface area contributed by atoms with E-state index in [1.165, 1.54) is 51.9 Å². The van der Waals surface area contributed by atoms with Gasteiger partial charge in [-0.25, -0.2) is 5.43 Å². The second kappa shape index (κ2) is 12.9. The van der Waals surface area contributed by atoms with Gasteiger partial charge in [-0.2, -0.15) is 0 Å². The fraction of sp³-hybridized carbons (Fsp3) is 0.867. The summed E-state index contributed by atoms with van der Waals surface area (Å²) < 4.78 is 0. The Kier molecular flexibility index (Phi) is 12.2. The first-order valence-electron chi connectivity index (χ1n) is 7.85. The van der Waals surface area contributed by atoms with Crippen molar-refractivity contribution >= 4 is 11.9 Å². The molecule has 0 aliphatic rings. The van der Waals surface area contributed by atoms with Crippen molar-refractivity contribution in [1.82, 2.24) is 10.9 Å². The molecule has 0 fully saturated rings. The van der Waals surface area contributed by atoms with Gasteiger partial charge in [0.05, 0.1) is 0 Å². The Morgan fingerprint density at radius 3 is 1.95 bits per heavy atom. The smallest absolute Gasteiger partial charge is 0.322 e. The number of carbonyl (C=O) groups is 2. The van der Waals surface area contributed by atoms with Gasteiger partial charge in [0.25, 0.3) is 0 Å². The van der Waals surface area contributed by atoms with Gasteiger partial charge >= 0.3 is 5.97 Å². The molecule has 0 radical (unpaired) electrons. The largest absolute Gasteiger partial charge is 0.480 e. The predicted octanol–water partition coefficient (Wildman–Crippen LogP) is 3.00. The van der Waals surface area contributed by atoms with Crippen LogP contribution in [-0.2, 0) is 9.59 Å². The molecule has 0 heterocycles. The molecule has 0 bridgehead atoms. The summed E-state index contributed by atoms with van der Waals surface area (Å²) in [7, 11) is 0. The van der Waals surface area contributed by atoms with Crippen LogP contribution >= 0.6 is 0 Å². The molecule has 0 saturated carbocycles. The zero-order chi connectivity index (χ0) is 15.2. The molecule has 0 aromatic rings. The Morgan fingerprint density at radius 2 is 1.45 bits per heavy atom. The number of hydrogen-bond acceptors (Lipinski definition) is 3. The van der Waals surface area contributed by atoms with E-state index in [1.54, 1.807) is 0 Å². The van der Waals surface area contributed by atoms with Crippen molar-refractivity contribution in [2.24, 2.45) is 0 Å². The number of hydrazine groups is 1. The van der Waals surface area contributed by atoms with Gasteiger partial charge in [0.1, 0.15) is 6.04 Å². The Bertz CT molecular complexity index is 270. The average molecular weight is 286 g/mol. The molecule has 0 unspecified atom stereocenters. The summed E-state index contributed by atoms with van der Waals surface area (Å²) in [5.41, 5.74) is 4.88. The fourth-order valence-corrected chi connectivity index (χ4v) is 1.91. The maximum absolute atomic E-state index is 11.4. The molecule has 0 saturated heterocycles. The van der Waals surface area contributed by atoms with E-state index in [-0.39, 0.29) is 5.91 Å². The first-order chi connectivity index (χ1) is 9.57. The third-order valence-electron chi connectivity index (χ3n) is 3.31. The first-order valence-corrected chi connectivity index (χ1v) is 7.85. The van der Waals surface area contributed by atoms with Gasteiger partial charge in [-0.15, -0.1) is 0 Å². The third-order valence-corrected chi connectivity index (χ3v) is 3.31. The van der Waals surface area contributed by atoms with E-state index in [9.17, 15) is 9.59 Å². The minimum atomic E-state index is -0.978. The number of rotatable bonds is 13. The number of unbranched alkanes of at least 4 members (excludes halogenated alkanes) is 8. The summed E-state index contributed by atoms with van der Waals surface area (Å²) in [5.74, 6) is -1.12. The Hall–Kier alpha value is -1.10. The molecule has 5 heteroatoms. The molecule has 1 amide bonds. The lowest BCUT2D eigenvalue weighted by atomic mass is 10.1. The van der Waals surface area contributed by atoms with Crippen LogP contribution in [-0.4, -0.2) is 23.0 Å². The Balaban J connectivity index is 3.29. The van der Waals surface area contributed by atoms with Crippen molar-refractivity contribution in [2.75, 3.05) is 0 Å². The van der Waals surface area contributed by atoms with Gasteiger partial charge < -0.3 is 5.11 Å². The van der Waals surface area contributed by atoms with Crippen LogP contribution in [0.3, 0.4) is 0 Å². The fourth-order valence-electron chi connectivity index (χ4n) is 1.91. The molecular formula is C15H30N2O3. The molecule has 3 N–H and O–H groups in total. The minimum absolute atomic E-state index is 0.138. The number of carboxylic acids is 1. The Labute approximate surface area is 122 Å². The van der Waals surface area contributed by atoms with Gasteiger partial charge in [0, 0.05) is 6.42 Å². The number of aliphatic carboxylic acids is 1. The quantitative estimate of drug-likeness (QED) is 0.359. The highest BCUT2D eigenvalue weighted by atomic mass is 16.4. The van der Waals surface area contributed by atoms with E-state index in [2.05, 4.69) is 17.8 Å². The van der Waals surface area contributed by atoms with Crippen molar-refractivity contribution in [3.63, 3.8) is 0 Å². The maximum Gasteiger partial charge on any atom is 0.322 e. The summed E-state index contributed by atoms with van der Waals surface area (Å²) in [6, 6.07) is -0.762. The molecule has 0 rings (SSSR count). The molecular weight excluding hydrogens is 256 g/mol. The van der Waals surface area contributed by atoms with E-state index < -0.39 is 12.0 Å². The topological polar surface area (TPSA) is 78.4 Å². The number of carbonyl (C=O) groups excluding carboxylic acids is 1. The zero-order valence-electron chi connectivity index (χ0n) is 12.9. The van der Waals surface area contributed by atoms with Crippen LogP contribution in [0.25, 0.3) is 0 Å². The van der Waals surface area contributed by atoms with Crippen LogP contribution in [0.15, 0.2) is 0 Å². The molecule has 0 aliphatic heterocycles. The van der Waals surface area contributed by atoms with Crippen LogP contribution in [0.4, 0.5) is 0 Å². The molecule has 5 nitrogen and oxygen atoms in total. The van der Waals surface area contributed by atoms with Crippen molar-refractivity contribution in [1.29, 1.82) is 0 Å². The molecule has 118 valence electrons. The number of amides is 1. The predicted molar refractivity (Wildman–Crippen MR) is 80.2 cm³/mol. The Morgan fingerprint density at radius 1 is 0.950 bits per heavy atom. The van der Waals surface area contributed by atoms with E-state index in [1.807, 2.05) is 0 Å². The van der Waals surface area contributed by atoms with E-state index >= 15 is 0 Å². The van der Waals surface area contributed by atoms with Crippen LogP contribution in [0.1, 0.15) is 78.1 Å². The van der Waals surface area contributed by atoms with E-state index in [4.69, 9.17) is 5.11 Å². The third kappa shape index (κ3) is 12.0. The standard InChI is InChI=1S/C15H30N2O3/c1-3-4-5-6-7-8-9-10-11-12-14(18)17-16-13(2)15(19)20/h13,16H,3-12H2,1-2H3,(H,17,18)(H,19,20)/t13-/m0/s1. The zero-order valence-corrected chi connectivity index (χ0v) is 12.9. The van der Waals surface area contributed by atoms with Gasteiger partial charge in [-0.05, 0) is 13.3 Å². The minimum Gasteiger partial charge on any atom is -0.480 e. The molecule has 1 atom stereocenters. The lowest BCUT2D eigenvalue weighted by Gasteiger charge is -2.10. The monoisotopic (exact) mass is 286 g/mol. The lowest BCUT2D eigenvalue weighted by Crippen LogP contribution is -2.46. The summed E-state index contributed by atoms with van der Waals surface area (Å²) >= 11 is 0. The molecule has 20 heavy (non-hydrogen) atoms. The number of carboxylic acid groups (broad SMARTS) is 1. The normalized spacial score (nSPS) is 12.1. The van der Waals surface area contributed by atoms with Crippen molar-refractivity contribution in [2.45, 2.75) is 84.1 Å². The summed E-state index contributed by atoms with van der Waals surface area (Å²) in [6.45, 7) is 3.71. The van der Waals surface area contributed by atoms with Gasteiger partial charge in [0.15, 0.2) is 0 Å². The van der Waals surface area contributed by atoms with Crippen molar-refractivity contribution in [3.8, 4) is 0 Å².